The summed E-state index contributed by atoms with van der Waals surface area (Å²) >= 11 is 3.48. The second-order valence-corrected chi connectivity index (χ2v) is 5.10. The molecule has 3 N–H and O–H groups in total. The zero-order chi connectivity index (χ0) is 13.5. The van der Waals surface area contributed by atoms with Crippen LogP contribution in [-0.4, -0.2) is 48.6 Å². The molecule has 0 saturated heterocycles. The van der Waals surface area contributed by atoms with Crippen LogP contribution in [0.3, 0.4) is 0 Å². The molecule has 7 heteroatoms. The summed E-state index contributed by atoms with van der Waals surface area (Å²) in [5.41, 5.74) is 2.47. The number of hydrogen-bond donors (Lipinski definition) is 2. The molecule has 0 saturated carbocycles. The number of aromatic nitrogens is 2. The number of hydrogen-bond acceptors (Lipinski definition) is 6. The van der Waals surface area contributed by atoms with Crippen LogP contribution >= 0.6 is 15.9 Å². The Morgan fingerprint density at radius 3 is 2.67 bits per heavy atom. The summed E-state index contributed by atoms with van der Waals surface area (Å²) in [5.74, 6) is 6.64. The number of hydrazine groups is 1. The Hall–Kier alpha value is -0.920. The van der Waals surface area contributed by atoms with Crippen molar-refractivity contribution >= 4 is 27.7 Å². The number of nitrogen functional groups attached to an aromatic ring is 1. The topological polar surface area (TPSA) is 70.3 Å². The fourth-order valence-electron chi connectivity index (χ4n) is 1.64. The van der Waals surface area contributed by atoms with E-state index in [0.717, 1.165) is 36.3 Å². The van der Waals surface area contributed by atoms with Gasteiger partial charge in [-0.05, 0) is 49.9 Å². The first-order chi connectivity index (χ1) is 8.58. The molecule has 0 aromatic carbocycles. The molecule has 0 aliphatic carbocycles. The molecular weight excluding hydrogens is 296 g/mol. The average Bonchev–Trinajstić information content (AvgIpc) is 2.35. The maximum atomic E-state index is 5.33. The van der Waals surface area contributed by atoms with Gasteiger partial charge < -0.3 is 9.80 Å². The van der Waals surface area contributed by atoms with Crippen molar-refractivity contribution in [3.8, 4) is 0 Å². The average molecular weight is 317 g/mol. The van der Waals surface area contributed by atoms with Crippen LogP contribution < -0.4 is 16.2 Å². The van der Waals surface area contributed by atoms with Crippen molar-refractivity contribution in [3.05, 3.63) is 10.7 Å². The van der Waals surface area contributed by atoms with E-state index in [9.17, 15) is 0 Å². The molecule has 18 heavy (non-hydrogen) atoms. The summed E-state index contributed by atoms with van der Waals surface area (Å²) in [6.45, 7) is 5.02. The van der Waals surface area contributed by atoms with E-state index < -0.39 is 0 Å². The minimum Gasteiger partial charge on any atom is -0.356 e. The third-order valence-corrected chi connectivity index (χ3v) is 3.13. The van der Waals surface area contributed by atoms with Crippen LogP contribution in [0, 0.1) is 0 Å². The number of nitrogens with one attached hydrogen (secondary N) is 1. The van der Waals surface area contributed by atoms with Crippen molar-refractivity contribution in [1.29, 1.82) is 0 Å². The van der Waals surface area contributed by atoms with Gasteiger partial charge in [0.1, 0.15) is 5.82 Å². The van der Waals surface area contributed by atoms with Crippen LogP contribution in [0.2, 0.25) is 0 Å². The van der Waals surface area contributed by atoms with Crippen molar-refractivity contribution in [2.75, 3.05) is 44.1 Å². The lowest BCUT2D eigenvalue weighted by molar-refractivity contribution is 0.400. The van der Waals surface area contributed by atoms with Gasteiger partial charge in [-0.25, -0.2) is 10.8 Å². The molecule has 0 atom stereocenters. The number of nitrogens with two attached hydrogens (primary N) is 1. The summed E-state index contributed by atoms with van der Waals surface area (Å²) in [5, 5.41) is 0. The molecular formula is C11H21BrN6. The molecule has 0 spiro atoms. The summed E-state index contributed by atoms with van der Waals surface area (Å²) in [6, 6.07) is 0. The van der Waals surface area contributed by atoms with Crippen molar-refractivity contribution in [2.45, 2.75) is 13.3 Å². The number of rotatable bonds is 7. The molecule has 1 aromatic rings. The highest BCUT2D eigenvalue weighted by Crippen LogP contribution is 2.24. The summed E-state index contributed by atoms with van der Waals surface area (Å²) < 4.78 is 0.883. The Bertz CT molecular complexity index is 371. The second-order valence-electron chi connectivity index (χ2n) is 4.25. The Balaban J connectivity index is 2.74. The van der Waals surface area contributed by atoms with Gasteiger partial charge in [0.05, 0.1) is 4.47 Å². The van der Waals surface area contributed by atoms with E-state index in [-0.39, 0.29) is 0 Å². The van der Waals surface area contributed by atoms with Crippen LogP contribution in [-0.2, 0) is 0 Å². The number of halogens is 1. The van der Waals surface area contributed by atoms with Gasteiger partial charge >= 0.3 is 0 Å². The Morgan fingerprint density at radius 2 is 2.11 bits per heavy atom. The van der Waals surface area contributed by atoms with E-state index in [4.69, 9.17) is 5.84 Å². The highest BCUT2D eigenvalue weighted by molar-refractivity contribution is 9.10. The smallest absolute Gasteiger partial charge is 0.239 e. The molecule has 0 unspecified atom stereocenters. The van der Waals surface area contributed by atoms with Crippen molar-refractivity contribution < 1.29 is 0 Å². The Labute approximate surface area is 117 Å². The lowest BCUT2D eigenvalue weighted by Gasteiger charge is -2.24. The highest BCUT2D eigenvalue weighted by Gasteiger charge is 2.11. The molecule has 0 bridgehead atoms. The molecule has 0 aliphatic heterocycles. The van der Waals surface area contributed by atoms with Crippen LogP contribution in [0.4, 0.5) is 11.8 Å². The predicted octanol–water partition coefficient (Wildman–Crippen LogP) is 1.30. The second kappa shape index (κ2) is 7.50. The van der Waals surface area contributed by atoms with Crippen LogP contribution in [0.5, 0.6) is 0 Å². The van der Waals surface area contributed by atoms with Crippen LogP contribution in [0.1, 0.15) is 13.3 Å². The molecule has 0 fully saturated rings. The summed E-state index contributed by atoms with van der Waals surface area (Å²) in [6.07, 6.45) is 2.80. The molecule has 6 nitrogen and oxygen atoms in total. The first-order valence-corrected chi connectivity index (χ1v) is 6.76. The summed E-state index contributed by atoms with van der Waals surface area (Å²) in [7, 11) is 4.15. The van der Waals surface area contributed by atoms with Gasteiger partial charge in [0, 0.05) is 19.3 Å². The fourth-order valence-corrected chi connectivity index (χ4v) is 2.08. The van der Waals surface area contributed by atoms with E-state index in [2.05, 4.69) is 62.1 Å². The third-order valence-electron chi connectivity index (χ3n) is 2.57. The van der Waals surface area contributed by atoms with Crippen molar-refractivity contribution in [3.63, 3.8) is 0 Å². The molecule has 102 valence electrons. The zero-order valence-electron chi connectivity index (χ0n) is 11.1. The predicted molar refractivity (Wildman–Crippen MR) is 78.6 cm³/mol. The molecule has 0 radical (unpaired) electrons. The minimum atomic E-state index is 0.430. The quantitative estimate of drug-likeness (QED) is 0.584. The third kappa shape index (κ3) is 4.40. The van der Waals surface area contributed by atoms with Gasteiger partial charge in [-0.15, -0.1) is 0 Å². The molecule has 0 aliphatic rings. The van der Waals surface area contributed by atoms with E-state index in [1.165, 1.54) is 0 Å². The van der Waals surface area contributed by atoms with E-state index >= 15 is 0 Å². The van der Waals surface area contributed by atoms with Crippen molar-refractivity contribution in [2.24, 2.45) is 5.84 Å². The normalized spacial score (nSPS) is 10.8. The van der Waals surface area contributed by atoms with Gasteiger partial charge in [-0.2, -0.15) is 4.98 Å². The van der Waals surface area contributed by atoms with E-state index in [1.54, 1.807) is 6.20 Å². The van der Waals surface area contributed by atoms with Gasteiger partial charge in [0.2, 0.25) is 5.95 Å². The first-order valence-electron chi connectivity index (χ1n) is 5.97. The minimum absolute atomic E-state index is 0.430. The van der Waals surface area contributed by atoms with E-state index in [1.807, 2.05) is 0 Å². The molecule has 0 amide bonds. The van der Waals surface area contributed by atoms with Crippen LogP contribution in [0.15, 0.2) is 10.7 Å². The maximum absolute atomic E-state index is 5.33. The zero-order valence-corrected chi connectivity index (χ0v) is 12.7. The van der Waals surface area contributed by atoms with Crippen molar-refractivity contribution in [1.82, 2.24) is 14.9 Å². The SMILES string of the molecule is CCN(CCCN(C)C)c1nc(NN)ncc1Br. The molecule has 1 heterocycles. The highest BCUT2D eigenvalue weighted by atomic mass is 79.9. The molecule has 1 aromatic heterocycles. The lowest BCUT2D eigenvalue weighted by Crippen LogP contribution is -2.28. The van der Waals surface area contributed by atoms with E-state index in [0.29, 0.717) is 5.95 Å². The molecule has 1 rings (SSSR count). The Kier molecular flexibility index (Phi) is 6.31. The fraction of sp³-hybridized carbons (Fsp3) is 0.636. The van der Waals surface area contributed by atoms with Gasteiger partial charge in [-0.1, -0.05) is 0 Å². The standard InChI is InChI=1S/C11H21BrN6/c1-4-18(7-5-6-17(2)3)10-9(12)8-14-11(15-10)16-13/h8H,4-7,13H2,1-3H3,(H,14,15,16). The number of nitrogens with zero attached hydrogens (tertiary/aromatic N) is 4. The monoisotopic (exact) mass is 316 g/mol. The largest absolute Gasteiger partial charge is 0.356 e. The summed E-state index contributed by atoms with van der Waals surface area (Å²) in [4.78, 5) is 12.8. The van der Waals surface area contributed by atoms with Gasteiger partial charge in [-0.3, -0.25) is 5.43 Å². The lowest BCUT2D eigenvalue weighted by atomic mass is 10.3. The van der Waals surface area contributed by atoms with Gasteiger partial charge in [0.25, 0.3) is 0 Å². The van der Waals surface area contributed by atoms with Gasteiger partial charge in [0.15, 0.2) is 0 Å². The Morgan fingerprint density at radius 1 is 1.39 bits per heavy atom. The number of anilines is 2. The maximum Gasteiger partial charge on any atom is 0.239 e. The van der Waals surface area contributed by atoms with Crippen LogP contribution in [0.25, 0.3) is 0 Å². The first kappa shape index (κ1) is 15.1.